The van der Waals surface area contributed by atoms with Crippen LogP contribution in [0.25, 0.3) is 0 Å². The van der Waals surface area contributed by atoms with Gasteiger partial charge in [0.05, 0.1) is 5.71 Å². The summed E-state index contributed by atoms with van der Waals surface area (Å²) < 4.78 is 1.51. The van der Waals surface area contributed by atoms with Gasteiger partial charge in [0.15, 0.2) is 6.10 Å². The summed E-state index contributed by atoms with van der Waals surface area (Å²) in [4.78, 5) is 16.5. The Hall–Kier alpha value is -1.91. The lowest BCUT2D eigenvalue weighted by atomic mass is 10.0. The fraction of sp³-hybridized carbons (Fsp3) is 0.364. The van der Waals surface area contributed by atoms with Gasteiger partial charge in [0.25, 0.3) is 0 Å². The number of hydrogen-bond acceptors (Lipinski definition) is 4. The third-order valence-electron chi connectivity index (χ3n) is 2.58. The van der Waals surface area contributed by atoms with Gasteiger partial charge in [-0.3, -0.25) is 4.79 Å². The van der Waals surface area contributed by atoms with Crippen LogP contribution in [0.4, 0.5) is 0 Å². The molecule has 0 aliphatic carbocycles. The van der Waals surface area contributed by atoms with Gasteiger partial charge in [-0.25, -0.2) is 0 Å². The minimum atomic E-state index is -0.179. The average Bonchev–Trinajstić information content (AvgIpc) is 2.71. The predicted octanol–water partition coefficient (Wildman–Crippen LogP) is 1.24. The van der Waals surface area contributed by atoms with Crippen LogP contribution in [0.2, 0.25) is 0 Å². The molecule has 2 heterocycles. The monoisotopic (exact) mass is 219 g/mol. The topological polar surface area (TPSA) is 67.4 Å². The molecule has 0 saturated heterocycles. The first-order valence-electron chi connectivity index (χ1n) is 5.02. The molecule has 1 aliphatic heterocycles. The number of hydrogen-bond donors (Lipinski definition) is 1. The van der Waals surface area contributed by atoms with Crippen LogP contribution >= 0.6 is 0 Å². The van der Waals surface area contributed by atoms with Gasteiger partial charge in [0, 0.05) is 31.3 Å². The van der Waals surface area contributed by atoms with Gasteiger partial charge in [0.1, 0.15) is 5.71 Å². The lowest BCUT2D eigenvalue weighted by Crippen LogP contribution is -2.16. The molecule has 1 N–H and O–H groups in total. The Balaban J connectivity index is 2.20. The second kappa shape index (κ2) is 3.92. The van der Waals surface area contributed by atoms with Crippen LogP contribution in [-0.4, -0.2) is 16.0 Å². The summed E-state index contributed by atoms with van der Waals surface area (Å²) >= 11 is 0. The summed E-state index contributed by atoms with van der Waals surface area (Å²) in [6.45, 7) is 1.69. The molecule has 5 heteroatoms. The van der Waals surface area contributed by atoms with Crippen molar-refractivity contribution >= 4 is 11.4 Å². The van der Waals surface area contributed by atoms with Crippen molar-refractivity contribution in [1.82, 2.24) is 4.57 Å². The normalized spacial score (nSPS) is 19.1. The maximum atomic E-state index is 11.2. The lowest BCUT2D eigenvalue weighted by molar-refractivity contribution is 0.0852. The Morgan fingerprint density at radius 3 is 2.94 bits per heavy atom. The first-order valence-corrected chi connectivity index (χ1v) is 5.02. The molecule has 1 aliphatic rings. The van der Waals surface area contributed by atoms with Crippen molar-refractivity contribution < 1.29 is 4.84 Å². The summed E-state index contributed by atoms with van der Waals surface area (Å²) in [5, 5.41) is 11.3. The third-order valence-corrected chi connectivity index (χ3v) is 2.58. The summed E-state index contributed by atoms with van der Waals surface area (Å²) in [5.74, 6) is 0. The number of nitrogens with zero attached hydrogens (tertiary/aromatic N) is 2. The molecule has 0 bridgehead atoms. The highest BCUT2D eigenvalue weighted by Gasteiger charge is 2.24. The standard InChI is InChI=1S/C11H13N3O2/c1-7(12)9-5-10(16-13-9)8-3-4-11(15)14(2)6-8/h3-4,6,10,12H,5H2,1-2H3. The van der Waals surface area contributed by atoms with Crippen molar-refractivity contribution in [2.75, 3.05) is 0 Å². The van der Waals surface area contributed by atoms with E-state index in [2.05, 4.69) is 5.16 Å². The molecule has 0 saturated carbocycles. The molecule has 1 aromatic heterocycles. The quantitative estimate of drug-likeness (QED) is 0.760. The molecule has 1 atom stereocenters. The molecule has 0 radical (unpaired) electrons. The van der Waals surface area contributed by atoms with Crippen molar-refractivity contribution in [3.05, 3.63) is 34.2 Å². The summed E-state index contributed by atoms with van der Waals surface area (Å²) in [6.07, 6.45) is 2.15. The molecule has 84 valence electrons. The highest BCUT2D eigenvalue weighted by Crippen LogP contribution is 2.26. The van der Waals surface area contributed by atoms with E-state index in [0.717, 1.165) is 5.56 Å². The van der Waals surface area contributed by atoms with Crippen molar-refractivity contribution in [3.63, 3.8) is 0 Å². The van der Waals surface area contributed by atoms with E-state index in [1.165, 1.54) is 10.6 Å². The van der Waals surface area contributed by atoms with Gasteiger partial charge < -0.3 is 14.8 Å². The van der Waals surface area contributed by atoms with E-state index in [0.29, 0.717) is 17.8 Å². The van der Waals surface area contributed by atoms with Crippen LogP contribution in [0.15, 0.2) is 28.3 Å². The van der Waals surface area contributed by atoms with Gasteiger partial charge in [-0.1, -0.05) is 5.16 Å². The van der Waals surface area contributed by atoms with Crippen LogP contribution in [0, 0.1) is 5.41 Å². The van der Waals surface area contributed by atoms with Crippen LogP contribution < -0.4 is 5.56 Å². The van der Waals surface area contributed by atoms with E-state index in [-0.39, 0.29) is 11.7 Å². The first-order chi connectivity index (χ1) is 7.58. The zero-order valence-corrected chi connectivity index (χ0v) is 9.23. The predicted molar refractivity (Wildman–Crippen MR) is 61.0 cm³/mol. The molecule has 1 unspecified atom stereocenters. The van der Waals surface area contributed by atoms with E-state index in [1.54, 1.807) is 26.2 Å². The van der Waals surface area contributed by atoms with Crippen LogP contribution in [0.3, 0.4) is 0 Å². The van der Waals surface area contributed by atoms with E-state index in [1.807, 2.05) is 0 Å². The average molecular weight is 219 g/mol. The summed E-state index contributed by atoms with van der Waals surface area (Å²) in [7, 11) is 1.70. The fourth-order valence-electron chi connectivity index (χ4n) is 1.58. The zero-order valence-electron chi connectivity index (χ0n) is 9.23. The number of nitrogens with one attached hydrogen (secondary N) is 1. The van der Waals surface area contributed by atoms with Gasteiger partial charge in [-0.05, 0) is 13.0 Å². The highest BCUT2D eigenvalue weighted by atomic mass is 16.6. The second-order valence-corrected chi connectivity index (χ2v) is 3.87. The Labute approximate surface area is 92.9 Å². The van der Waals surface area contributed by atoms with Gasteiger partial charge in [-0.2, -0.15) is 0 Å². The summed E-state index contributed by atoms with van der Waals surface area (Å²) in [5.41, 5.74) is 1.94. The molecular formula is C11H13N3O2. The molecule has 0 spiro atoms. The smallest absolute Gasteiger partial charge is 0.250 e. The minimum Gasteiger partial charge on any atom is -0.387 e. The van der Waals surface area contributed by atoms with Gasteiger partial charge in [0.2, 0.25) is 5.56 Å². The number of oxime groups is 1. The molecule has 0 fully saturated rings. The van der Waals surface area contributed by atoms with E-state index in [4.69, 9.17) is 10.2 Å². The van der Waals surface area contributed by atoms with Crippen LogP contribution in [0.5, 0.6) is 0 Å². The van der Waals surface area contributed by atoms with E-state index < -0.39 is 0 Å². The van der Waals surface area contributed by atoms with Crippen molar-refractivity contribution in [2.45, 2.75) is 19.4 Å². The number of rotatable bonds is 2. The molecular weight excluding hydrogens is 206 g/mol. The molecule has 0 aromatic carbocycles. The minimum absolute atomic E-state index is 0.0499. The van der Waals surface area contributed by atoms with E-state index in [9.17, 15) is 4.79 Å². The molecule has 5 nitrogen and oxygen atoms in total. The number of pyridine rings is 1. The largest absolute Gasteiger partial charge is 0.387 e. The van der Waals surface area contributed by atoms with Crippen molar-refractivity contribution in [2.24, 2.45) is 12.2 Å². The number of aryl methyl sites for hydroxylation is 1. The lowest BCUT2D eigenvalue weighted by Gasteiger charge is -2.09. The number of aromatic nitrogens is 1. The van der Waals surface area contributed by atoms with Crippen LogP contribution in [0.1, 0.15) is 25.0 Å². The Morgan fingerprint density at radius 1 is 1.62 bits per heavy atom. The SMILES string of the molecule is CC(=N)C1=NOC(c2ccc(=O)n(C)c2)C1. The molecule has 0 amide bonds. The van der Waals surface area contributed by atoms with Crippen molar-refractivity contribution in [1.29, 1.82) is 5.41 Å². The Bertz CT molecular complexity index is 516. The van der Waals surface area contributed by atoms with Gasteiger partial charge >= 0.3 is 0 Å². The molecule has 16 heavy (non-hydrogen) atoms. The first kappa shape index (κ1) is 10.6. The molecule has 2 rings (SSSR count). The van der Waals surface area contributed by atoms with Gasteiger partial charge in [-0.15, -0.1) is 0 Å². The zero-order chi connectivity index (χ0) is 11.7. The van der Waals surface area contributed by atoms with E-state index >= 15 is 0 Å². The Morgan fingerprint density at radius 2 is 2.38 bits per heavy atom. The fourth-order valence-corrected chi connectivity index (χ4v) is 1.58. The highest BCUT2D eigenvalue weighted by molar-refractivity contribution is 6.40. The summed E-state index contributed by atoms with van der Waals surface area (Å²) in [6, 6.07) is 3.25. The third kappa shape index (κ3) is 1.88. The maximum Gasteiger partial charge on any atom is 0.250 e. The molecule has 1 aromatic rings. The Kier molecular flexibility index (Phi) is 2.60. The van der Waals surface area contributed by atoms with Crippen molar-refractivity contribution in [3.8, 4) is 0 Å². The van der Waals surface area contributed by atoms with Crippen LogP contribution in [-0.2, 0) is 11.9 Å². The maximum absolute atomic E-state index is 11.2. The second-order valence-electron chi connectivity index (χ2n) is 3.87.